The molecular weight excluding hydrogens is 268 g/mol. The Kier molecular flexibility index (Phi) is 4.03. The van der Waals surface area contributed by atoms with Gasteiger partial charge in [0.2, 0.25) is 0 Å². The zero-order chi connectivity index (χ0) is 14.5. The third-order valence-corrected chi connectivity index (χ3v) is 2.63. The van der Waals surface area contributed by atoms with Crippen LogP contribution in [-0.2, 0) is 19.1 Å². The van der Waals surface area contributed by atoms with E-state index in [1.165, 1.54) is 48.9 Å². The SMILES string of the molecule is COC(=O)[C@@H]([C@H](C(=O)OC)n1cncn1)n1cncn1. The molecule has 0 aliphatic rings. The van der Waals surface area contributed by atoms with Gasteiger partial charge in [0.05, 0.1) is 14.2 Å². The molecule has 0 N–H and O–H groups in total. The van der Waals surface area contributed by atoms with Crippen molar-refractivity contribution in [2.24, 2.45) is 0 Å². The largest absolute Gasteiger partial charge is 0.467 e. The van der Waals surface area contributed by atoms with E-state index in [9.17, 15) is 9.59 Å². The lowest BCUT2D eigenvalue weighted by atomic mass is 10.1. The second-order valence-corrected chi connectivity index (χ2v) is 3.69. The normalized spacial score (nSPS) is 13.5. The number of hydrogen-bond donors (Lipinski definition) is 0. The van der Waals surface area contributed by atoms with E-state index >= 15 is 0 Å². The summed E-state index contributed by atoms with van der Waals surface area (Å²) >= 11 is 0. The van der Waals surface area contributed by atoms with Gasteiger partial charge in [-0.25, -0.2) is 28.9 Å². The van der Waals surface area contributed by atoms with Crippen molar-refractivity contribution in [3.8, 4) is 0 Å². The summed E-state index contributed by atoms with van der Waals surface area (Å²) in [5.74, 6) is -1.36. The van der Waals surface area contributed by atoms with Crippen LogP contribution >= 0.6 is 0 Å². The summed E-state index contributed by atoms with van der Waals surface area (Å²) < 4.78 is 11.8. The fourth-order valence-corrected chi connectivity index (χ4v) is 1.73. The van der Waals surface area contributed by atoms with Gasteiger partial charge in [-0.2, -0.15) is 10.2 Å². The highest BCUT2D eigenvalue weighted by Gasteiger charge is 2.39. The topological polar surface area (TPSA) is 114 Å². The fraction of sp³-hybridized carbons (Fsp3) is 0.400. The number of ether oxygens (including phenoxy) is 2. The first-order valence-electron chi connectivity index (χ1n) is 5.53. The lowest BCUT2D eigenvalue weighted by Crippen LogP contribution is -2.36. The molecule has 0 aromatic carbocycles. The molecule has 10 nitrogen and oxygen atoms in total. The molecule has 2 heterocycles. The van der Waals surface area contributed by atoms with Gasteiger partial charge in [0.25, 0.3) is 0 Å². The van der Waals surface area contributed by atoms with Gasteiger partial charge in [-0.3, -0.25) is 0 Å². The predicted molar refractivity (Wildman–Crippen MR) is 62.2 cm³/mol. The molecule has 0 aliphatic carbocycles. The van der Waals surface area contributed by atoms with E-state index in [4.69, 9.17) is 9.47 Å². The van der Waals surface area contributed by atoms with Gasteiger partial charge in [0.1, 0.15) is 25.3 Å². The highest BCUT2D eigenvalue weighted by atomic mass is 16.5. The monoisotopic (exact) mass is 280 g/mol. The average Bonchev–Trinajstić information content (AvgIpc) is 3.15. The standard InChI is InChI=1S/C10H12N6O4/c1-19-9(17)7(15-5-11-3-13-15)8(10(18)20-2)16-6-12-4-14-16/h3-8H,1-2H3/t7-,8-/m1/s1. The van der Waals surface area contributed by atoms with Gasteiger partial charge in [-0.1, -0.05) is 0 Å². The molecule has 2 aromatic heterocycles. The van der Waals surface area contributed by atoms with Crippen LogP contribution in [0, 0.1) is 0 Å². The molecule has 0 unspecified atom stereocenters. The van der Waals surface area contributed by atoms with Crippen LogP contribution in [0.2, 0.25) is 0 Å². The van der Waals surface area contributed by atoms with Crippen LogP contribution in [0.4, 0.5) is 0 Å². The first-order valence-corrected chi connectivity index (χ1v) is 5.53. The zero-order valence-corrected chi connectivity index (χ0v) is 10.8. The number of carbonyl (C=O) groups is 2. The Morgan fingerprint density at radius 2 is 1.30 bits per heavy atom. The van der Waals surface area contributed by atoms with Gasteiger partial charge >= 0.3 is 11.9 Å². The molecule has 0 amide bonds. The van der Waals surface area contributed by atoms with Gasteiger partial charge in [-0.15, -0.1) is 0 Å². The molecule has 2 aromatic rings. The summed E-state index contributed by atoms with van der Waals surface area (Å²) in [6.45, 7) is 0. The van der Waals surface area contributed by atoms with E-state index in [1.54, 1.807) is 0 Å². The molecule has 0 aliphatic heterocycles. The molecule has 0 saturated carbocycles. The highest BCUT2D eigenvalue weighted by Crippen LogP contribution is 2.24. The number of esters is 2. The third kappa shape index (κ3) is 2.48. The van der Waals surface area contributed by atoms with Crippen LogP contribution in [-0.4, -0.2) is 55.7 Å². The Morgan fingerprint density at radius 1 is 0.900 bits per heavy atom. The van der Waals surface area contributed by atoms with E-state index in [1.807, 2.05) is 0 Å². The second kappa shape index (κ2) is 5.91. The van der Waals surface area contributed by atoms with E-state index < -0.39 is 24.0 Å². The van der Waals surface area contributed by atoms with Crippen molar-refractivity contribution >= 4 is 11.9 Å². The summed E-state index contributed by atoms with van der Waals surface area (Å²) in [5.41, 5.74) is 0. The molecule has 0 bridgehead atoms. The molecule has 0 spiro atoms. The van der Waals surface area contributed by atoms with Crippen molar-refractivity contribution in [2.45, 2.75) is 12.1 Å². The first-order chi connectivity index (χ1) is 9.69. The van der Waals surface area contributed by atoms with E-state index in [-0.39, 0.29) is 0 Å². The number of methoxy groups -OCH3 is 2. The Bertz CT molecular complexity index is 514. The lowest BCUT2D eigenvalue weighted by molar-refractivity contribution is -0.156. The minimum absolute atomic E-state index is 0.679. The Balaban J connectivity index is 2.47. The summed E-state index contributed by atoms with van der Waals surface area (Å²) in [6, 6.07) is -2.20. The van der Waals surface area contributed by atoms with E-state index in [0.29, 0.717) is 0 Å². The maximum absolute atomic E-state index is 12.0. The van der Waals surface area contributed by atoms with Crippen molar-refractivity contribution in [2.75, 3.05) is 14.2 Å². The van der Waals surface area contributed by atoms with Gasteiger partial charge in [0, 0.05) is 0 Å². The molecule has 0 radical (unpaired) electrons. The minimum atomic E-state index is -1.10. The van der Waals surface area contributed by atoms with Gasteiger partial charge < -0.3 is 9.47 Å². The molecule has 106 valence electrons. The van der Waals surface area contributed by atoms with E-state index in [2.05, 4.69) is 20.2 Å². The molecular formula is C10H12N6O4. The summed E-state index contributed by atoms with van der Waals surface area (Å²) in [5, 5.41) is 7.74. The van der Waals surface area contributed by atoms with E-state index in [0.717, 1.165) is 0 Å². The Morgan fingerprint density at radius 3 is 1.55 bits per heavy atom. The molecule has 2 atom stereocenters. The second-order valence-electron chi connectivity index (χ2n) is 3.69. The molecule has 0 fully saturated rings. The molecule has 20 heavy (non-hydrogen) atoms. The summed E-state index contributed by atoms with van der Waals surface area (Å²) in [4.78, 5) is 31.5. The average molecular weight is 280 g/mol. The van der Waals surface area contributed by atoms with Crippen LogP contribution in [0.3, 0.4) is 0 Å². The summed E-state index contributed by atoms with van der Waals surface area (Å²) in [7, 11) is 2.42. The number of hydrogen-bond acceptors (Lipinski definition) is 8. The van der Waals surface area contributed by atoms with Crippen LogP contribution in [0.1, 0.15) is 12.1 Å². The number of carbonyl (C=O) groups excluding carboxylic acids is 2. The van der Waals surface area contributed by atoms with Crippen molar-refractivity contribution in [1.29, 1.82) is 0 Å². The maximum atomic E-state index is 12.0. The third-order valence-electron chi connectivity index (χ3n) is 2.63. The first kappa shape index (κ1) is 13.6. The number of aromatic nitrogens is 6. The Hall–Kier alpha value is -2.78. The van der Waals surface area contributed by atoms with Crippen molar-refractivity contribution in [1.82, 2.24) is 29.5 Å². The van der Waals surface area contributed by atoms with Crippen molar-refractivity contribution in [3.05, 3.63) is 25.3 Å². The zero-order valence-electron chi connectivity index (χ0n) is 10.8. The minimum Gasteiger partial charge on any atom is -0.467 e. The maximum Gasteiger partial charge on any atom is 0.333 e. The number of nitrogens with zero attached hydrogens (tertiary/aromatic N) is 6. The molecule has 2 rings (SSSR count). The van der Waals surface area contributed by atoms with Crippen LogP contribution < -0.4 is 0 Å². The smallest absolute Gasteiger partial charge is 0.333 e. The van der Waals surface area contributed by atoms with Crippen LogP contribution in [0.15, 0.2) is 25.3 Å². The van der Waals surface area contributed by atoms with Crippen molar-refractivity contribution < 1.29 is 19.1 Å². The molecule has 0 saturated heterocycles. The van der Waals surface area contributed by atoms with Gasteiger partial charge in [-0.05, 0) is 0 Å². The number of rotatable bonds is 5. The Labute approximate surface area is 113 Å². The van der Waals surface area contributed by atoms with Crippen LogP contribution in [0.25, 0.3) is 0 Å². The highest BCUT2D eigenvalue weighted by molar-refractivity contribution is 5.84. The predicted octanol–water partition coefficient (Wildman–Crippen LogP) is -1.00. The van der Waals surface area contributed by atoms with Crippen LogP contribution in [0.5, 0.6) is 0 Å². The fourth-order valence-electron chi connectivity index (χ4n) is 1.73. The van der Waals surface area contributed by atoms with Crippen molar-refractivity contribution in [3.63, 3.8) is 0 Å². The van der Waals surface area contributed by atoms with Gasteiger partial charge in [0.15, 0.2) is 12.1 Å². The quantitative estimate of drug-likeness (QED) is 0.640. The summed E-state index contributed by atoms with van der Waals surface area (Å²) in [6.07, 6.45) is 5.08. The molecule has 10 heteroatoms. The lowest BCUT2D eigenvalue weighted by Gasteiger charge is -2.22.